The number of carbonyl (C=O) groups is 2. The van der Waals surface area contributed by atoms with Crippen molar-refractivity contribution in [3.05, 3.63) is 135 Å². The number of thiophene rings is 1. The van der Waals surface area contributed by atoms with Gasteiger partial charge in [0, 0.05) is 10.4 Å². The van der Waals surface area contributed by atoms with Crippen LogP contribution in [0.5, 0.6) is 0 Å². The van der Waals surface area contributed by atoms with Crippen molar-refractivity contribution in [1.82, 2.24) is 10.6 Å². The summed E-state index contributed by atoms with van der Waals surface area (Å²) < 4.78 is 0. The van der Waals surface area contributed by atoms with Crippen LogP contribution in [0.4, 0.5) is 0 Å². The van der Waals surface area contributed by atoms with Crippen molar-refractivity contribution in [2.45, 2.75) is 19.9 Å². The van der Waals surface area contributed by atoms with E-state index < -0.39 is 0 Å². The number of nitrogens with one attached hydrogen (secondary N) is 2. The second-order valence-electron chi connectivity index (χ2n) is 8.07. The van der Waals surface area contributed by atoms with Crippen LogP contribution in [0.2, 0.25) is 0 Å². The molecule has 2 amide bonds. The van der Waals surface area contributed by atoms with E-state index in [0.717, 1.165) is 27.1 Å². The summed E-state index contributed by atoms with van der Waals surface area (Å²) in [6.45, 7) is 3.99. The van der Waals surface area contributed by atoms with Gasteiger partial charge in [-0.05, 0) is 60.2 Å². The highest BCUT2D eigenvalue weighted by Gasteiger charge is 2.22. The maximum atomic E-state index is 13.6. The summed E-state index contributed by atoms with van der Waals surface area (Å²) in [5.41, 5.74) is 4.79. The van der Waals surface area contributed by atoms with Crippen LogP contribution in [-0.2, 0) is 4.79 Å². The van der Waals surface area contributed by atoms with Crippen LogP contribution in [0.25, 0.3) is 6.08 Å². The van der Waals surface area contributed by atoms with E-state index in [4.69, 9.17) is 0 Å². The molecule has 0 aliphatic carbocycles. The molecule has 3 aromatic carbocycles. The van der Waals surface area contributed by atoms with E-state index in [1.807, 2.05) is 98.1 Å². The molecule has 0 fully saturated rings. The van der Waals surface area contributed by atoms with Crippen LogP contribution in [0.15, 0.2) is 102 Å². The number of amides is 2. The van der Waals surface area contributed by atoms with Crippen LogP contribution in [0.1, 0.15) is 43.5 Å². The molecule has 2 N–H and O–H groups in total. The first-order valence-corrected chi connectivity index (χ1v) is 11.9. The lowest BCUT2D eigenvalue weighted by atomic mass is 9.95. The molecule has 0 aliphatic heterocycles. The van der Waals surface area contributed by atoms with Gasteiger partial charge in [-0.2, -0.15) is 0 Å². The molecule has 0 saturated heterocycles. The Morgan fingerprint density at radius 1 is 0.824 bits per heavy atom. The lowest BCUT2D eigenvalue weighted by Gasteiger charge is -2.22. The second kappa shape index (κ2) is 10.8. The molecule has 34 heavy (non-hydrogen) atoms. The predicted octanol–water partition coefficient (Wildman–Crippen LogP) is 6.04. The van der Waals surface area contributed by atoms with Gasteiger partial charge in [-0.3, -0.25) is 9.59 Å². The van der Waals surface area contributed by atoms with Gasteiger partial charge in [0.25, 0.3) is 11.8 Å². The van der Waals surface area contributed by atoms with Crippen LogP contribution in [0, 0.1) is 13.8 Å². The Hall–Kier alpha value is -3.96. The lowest BCUT2D eigenvalue weighted by Crippen LogP contribution is -2.37. The van der Waals surface area contributed by atoms with E-state index in [1.165, 1.54) is 11.3 Å². The van der Waals surface area contributed by atoms with Gasteiger partial charge in [0.2, 0.25) is 0 Å². The van der Waals surface area contributed by atoms with Crippen molar-refractivity contribution in [2.75, 3.05) is 0 Å². The Morgan fingerprint density at radius 2 is 1.53 bits per heavy atom. The largest absolute Gasteiger partial charge is 0.340 e. The van der Waals surface area contributed by atoms with Crippen molar-refractivity contribution in [2.24, 2.45) is 0 Å². The molecule has 1 aromatic heterocycles. The second-order valence-corrected chi connectivity index (χ2v) is 9.05. The summed E-state index contributed by atoms with van der Waals surface area (Å²) in [5, 5.41) is 7.92. The van der Waals surface area contributed by atoms with Gasteiger partial charge in [-0.15, -0.1) is 11.3 Å². The highest BCUT2D eigenvalue weighted by Crippen LogP contribution is 2.25. The minimum Gasteiger partial charge on any atom is -0.340 e. The molecule has 4 rings (SSSR count). The highest BCUT2D eigenvalue weighted by molar-refractivity contribution is 7.10. The zero-order chi connectivity index (χ0) is 23.9. The molecule has 0 saturated carbocycles. The Labute approximate surface area is 204 Å². The summed E-state index contributed by atoms with van der Waals surface area (Å²) in [7, 11) is 0. The first kappa shape index (κ1) is 23.2. The number of carbonyl (C=O) groups excluding carboxylic acids is 2. The van der Waals surface area contributed by atoms with Crippen LogP contribution < -0.4 is 10.6 Å². The first-order valence-electron chi connectivity index (χ1n) is 11.1. The van der Waals surface area contributed by atoms with Crippen molar-refractivity contribution < 1.29 is 9.59 Å². The van der Waals surface area contributed by atoms with Crippen LogP contribution >= 0.6 is 11.3 Å². The van der Waals surface area contributed by atoms with Gasteiger partial charge >= 0.3 is 0 Å². The lowest BCUT2D eigenvalue weighted by molar-refractivity contribution is -0.118. The molecule has 1 heterocycles. The van der Waals surface area contributed by atoms with E-state index >= 15 is 0 Å². The maximum Gasteiger partial charge on any atom is 0.268 e. The van der Waals surface area contributed by atoms with Crippen molar-refractivity contribution >= 4 is 29.2 Å². The van der Waals surface area contributed by atoms with Crippen LogP contribution in [0.3, 0.4) is 0 Å². The smallest absolute Gasteiger partial charge is 0.268 e. The minimum atomic E-state index is -0.363. The van der Waals surface area contributed by atoms with Gasteiger partial charge in [-0.1, -0.05) is 78.4 Å². The average Bonchev–Trinajstić information content (AvgIpc) is 3.37. The Balaban J connectivity index is 1.66. The molecule has 4 aromatic rings. The summed E-state index contributed by atoms with van der Waals surface area (Å²) in [5.74, 6) is -0.684. The fourth-order valence-electron chi connectivity index (χ4n) is 3.68. The number of aryl methyl sites for hydroxylation is 2. The molecule has 170 valence electrons. The molecule has 0 radical (unpaired) electrons. The highest BCUT2D eigenvalue weighted by atomic mass is 32.1. The third-order valence-electron chi connectivity index (χ3n) is 5.54. The molecule has 0 bridgehead atoms. The number of benzene rings is 3. The van der Waals surface area contributed by atoms with E-state index in [9.17, 15) is 9.59 Å². The first-order chi connectivity index (χ1) is 16.5. The van der Waals surface area contributed by atoms with Gasteiger partial charge < -0.3 is 10.6 Å². The summed E-state index contributed by atoms with van der Waals surface area (Å²) in [4.78, 5) is 27.4. The summed E-state index contributed by atoms with van der Waals surface area (Å²) in [6, 6.07) is 28.5. The predicted molar refractivity (Wildman–Crippen MR) is 139 cm³/mol. The van der Waals surface area contributed by atoms with E-state index in [1.54, 1.807) is 18.2 Å². The van der Waals surface area contributed by atoms with Crippen molar-refractivity contribution in [3.63, 3.8) is 0 Å². The van der Waals surface area contributed by atoms with Gasteiger partial charge in [0.15, 0.2) is 0 Å². The topological polar surface area (TPSA) is 58.2 Å². The molecular weight excluding hydrogens is 440 g/mol. The molecule has 0 unspecified atom stereocenters. The fourth-order valence-corrected chi connectivity index (χ4v) is 4.34. The fraction of sp³-hybridized carbons (Fsp3) is 0.103. The summed E-state index contributed by atoms with van der Waals surface area (Å²) in [6.07, 6.45) is 1.71. The van der Waals surface area contributed by atoms with Gasteiger partial charge in [-0.25, -0.2) is 0 Å². The number of rotatable bonds is 7. The Bertz CT molecular complexity index is 1290. The normalized spacial score (nSPS) is 12.1. The maximum absolute atomic E-state index is 13.6. The zero-order valence-electron chi connectivity index (χ0n) is 19.1. The summed E-state index contributed by atoms with van der Waals surface area (Å²) >= 11 is 1.50. The monoisotopic (exact) mass is 466 g/mol. The SMILES string of the molecule is Cc1ccc(C(=O)N/C(=C\c2cccs2)C(=O)N[C@@H](c2ccccc2)c2ccccc2C)cc1. The zero-order valence-corrected chi connectivity index (χ0v) is 19.9. The van der Waals surface area contributed by atoms with Crippen LogP contribution in [-0.4, -0.2) is 11.8 Å². The quantitative estimate of drug-likeness (QED) is 0.326. The molecule has 0 spiro atoms. The van der Waals surface area contributed by atoms with Gasteiger partial charge in [0.05, 0.1) is 6.04 Å². The van der Waals surface area contributed by atoms with E-state index in [2.05, 4.69) is 10.6 Å². The number of hydrogen-bond donors (Lipinski definition) is 2. The Kier molecular flexibility index (Phi) is 7.35. The molecule has 0 aliphatic rings. The third kappa shape index (κ3) is 5.69. The molecule has 4 nitrogen and oxygen atoms in total. The molecular formula is C29H26N2O2S. The van der Waals surface area contributed by atoms with Crippen molar-refractivity contribution in [1.29, 1.82) is 0 Å². The molecule has 5 heteroatoms. The Morgan fingerprint density at radius 3 is 2.21 bits per heavy atom. The average molecular weight is 467 g/mol. The third-order valence-corrected chi connectivity index (χ3v) is 6.36. The molecule has 1 atom stereocenters. The number of hydrogen-bond acceptors (Lipinski definition) is 3. The van der Waals surface area contributed by atoms with Gasteiger partial charge in [0.1, 0.15) is 5.70 Å². The van der Waals surface area contributed by atoms with Crippen molar-refractivity contribution in [3.8, 4) is 0 Å². The van der Waals surface area contributed by atoms with E-state index in [-0.39, 0.29) is 23.6 Å². The standard InChI is InChI=1S/C29H26N2O2S/c1-20-14-16-23(17-15-20)28(32)30-26(19-24-12-8-18-34-24)29(33)31-27(22-10-4-3-5-11-22)25-13-7-6-9-21(25)2/h3-19,27H,1-2H3,(H,30,32)(H,31,33)/b26-19-/t27-/m0/s1. The minimum absolute atomic E-state index is 0.197. The van der Waals surface area contributed by atoms with E-state index in [0.29, 0.717) is 5.56 Å².